The molecule has 2 aliphatic rings. The summed E-state index contributed by atoms with van der Waals surface area (Å²) in [4.78, 5) is 55.6. The summed E-state index contributed by atoms with van der Waals surface area (Å²) >= 11 is 2.47. The first-order valence-electron chi connectivity index (χ1n) is 10.9. The summed E-state index contributed by atoms with van der Waals surface area (Å²) in [6, 6.07) is 4.53. The van der Waals surface area contributed by atoms with Gasteiger partial charge in [0.2, 0.25) is 0 Å². The zero-order valence-electron chi connectivity index (χ0n) is 19.1. The molecule has 5 heterocycles. The van der Waals surface area contributed by atoms with Gasteiger partial charge in [-0.15, -0.1) is 23.1 Å². The molecule has 2 aliphatic heterocycles. The van der Waals surface area contributed by atoms with Crippen LogP contribution in [-0.2, 0) is 32.4 Å². The molecule has 0 unspecified atom stereocenters. The van der Waals surface area contributed by atoms with E-state index in [0.717, 1.165) is 11.3 Å². The van der Waals surface area contributed by atoms with Gasteiger partial charge in [0.05, 0.1) is 11.7 Å². The summed E-state index contributed by atoms with van der Waals surface area (Å²) in [5.74, 6) is -1.87. The number of imidazole rings is 1. The quantitative estimate of drug-likeness (QED) is 0.129. The van der Waals surface area contributed by atoms with Crippen LogP contribution in [0.3, 0.4) is 0 Å². The molecule has 4 N–H and O–H groups in total. The minimum atomic E-state index is -1.44. The number of nitrogen functional groups attached to an aromatic ring is 1. The number of oxime groups is 1. The molecule has 37 heavy (non-hydrogen) atoms. The van der Waals surface area contributed by atoms with Gasteiger partial charge in [0.15, 0.2) is 36.4 Å². The molecule has 15 heteroatoms. The number of anilines is 1. The van der Waals surface area contributed by atoms with Gasteiger partial charge in [-0.2, -0.15) is 0 Å². The molecule has 5 rings (SSSR count). The van der Waals surface area contributed by atoms with Gasteiger partial charge in [0.25, 0.3) is 11.8 Å². The average Bonchev–Trinajstić information content (AvgIpc) is 3.57. The summed E-state index contributed by atoms with van der Waals surface area (Å²) in [6.07, 6.45) is 6.77. The minimum absolute atomic E-state index is 0.0278. The monoisotopic (exact) mass is 540 g/mol. The van der Waals surface area contributed by atoms with Crippen LogP contribution in [0.25, 0.3) is 0 Å². The van der Waals surface area contributed by atoms with E-state index in [0.29, 0.717) is 23.7 Å². The Kier molecular flexibility index (Phi) is 6.87. The number of thioether (sulfide) groups is 1. The van der Waals surface area contributed by atoms with Gasteiger partial charge in [0, 0.05) is 41.2 Å². The number of carbonyl (C=O) groups excluding carboxylic acids is 3. The number of carbonyl (C=O) groups is 3. The molecular weight excluding hydrogens is 520 g/mol. The first kappa shape index (κ1) is 24.5. The van der Waals surface area contributed by atoms with Crippen molar-refractivity contribution < 1.29 is 28.9 Å². The molecule has 2 amide bonds. The summed E-state index contributed by atoms with van der Waals surface area (Å²) in [6.45, 7) is 0.264. The van der Waals surface area contributed by atoms with Gasteiger partial charge < -0.3 is 30.8 Å². The van der Waals surface area contributed by atoms with Gasteiger partial charge in [0.1, 0.15) is 22.9 Å². The van der Waals surface area contributed by atoms with E-state index in [1.54, 1.807) is 30.2 Å². The highest BCUT2D eigenvalue weighted by Gasteiger charge is 2.53. The number of fused-ring (bicyclic) bond motifs is 1. The van der Waals surface area contributed by atoms with E-state index >= 15 is 0 Å². The number of carboxylic acids is 1. The van der Waals surface area contributed by atoms with Crippen LogP contribution < -0.4 is 20.7 Å². The highest BCUT2D eigenvalue weighted by Crippen LogP contribution is 2.40. The van der Waals surface area contributed by atoms with Crippen LogP contribution in [-0.4, -0.2) is 60.5 Å². The Labute approximate surface area is 218 Å². The van der Waals surface area contributed by atoms with Crippen LogP contribution in [0.2, 0.25) is 0 Å². The number of H-pyrrole nitrogens is 1. The van der Waals surface area contributed by atoms with Crippen LogP contribution in [0.1, 0.15) is 11.5 Å². The molecule has 3 aromatic heterocycles. The predicted octanol–water partition coefficient (Wildman–Crippen LogP) is -1.24. The van der Waals surface area contributed by atoms with E-state index in [1.165, 1.54) is 16.7 Å². The first-order chi connectivity index (χ1) is 17.9. The molecule has 1 fully saturated rings. The van der Waals surface area contributed by atoms with E-state index in [4.69, 9.17) is 10.6 Å². The van der Waals surface area contributed by atoms with Gasteiger partial charge in [-0.1, -0.05) is 11.2 Å². The summed E-state index contributed by atoms with van der Waals surface area (Å²) in [5, 5.41) is 19.7. The minimum Gasteiger partial charge on any atom is -0.543 e. The third-order valence-electron chi connectivity index (χ3n) is 5.57. The van der Waals surface area contributed by atoms with Gasteiger partial charge in [-0.25, -0.2) is 14.5 Å². The highest BCUT2D eigenvalue weighted by atomic mass is 32.2. The Hall–Kier alpha value is -4.24. The number of nitrogens with zero attached hydrogens (tertiary/aromatic N) is 5. The molecule has 0 saturated carbocycles. The predicted molar refractivity (Wildman–Crippen MR) is 130 cm³/mol. The molecule has 2 atom stereocenters. The Morgan fingerprint density at radius 2 is 2.16 bits per heavy atom. The average molecular weight is 541 g/mol. The van der Waals surface area contributed by atoms with E-state index in [1.807, 2.05) is 22.8 Å². The number of aliphatic carboxylic acids is 1. The Morgan fingerprint density at radius 3 is 2.84 bits per heavy atom. The number of aromatic nitrogens is 4. The van der Waals surface area contributed by atoms with Crippen molar-refractivity contribution in [2.24, 2.45) is 5.16 Å². The molecule has 3 aromatic rings. The number of thiazole rings is 1. The topological polar surface area (TPSA) is 183 Å². The molecular formula is C22H20N8O5S2. The van der Waals surface area contributed by atoms with Crippen molar-refractivity contribution in [3.05, 3.63) is 71.2 Å². The SMILES string of the molecule is Nc1nc(C(=NOCc2ncc[nH]2)C(=O)N[C@@H]2C(=O)N3C(C(=O)[O-])=C(C[n+]4ccccc4)CS[C@@H]23)cs1. The normalized spacial score (nSPS) is 19.3. The van der Waals surface area contributed by atoms with Crippen molar-refractivity contribution >= 4 is 51.7 Å². The van der Waals surface area contributed by atoms with Crippen LogP contribution >= 0.6 is 23.1 Å². The number of aromatic amines is 1. The highest BCUT2D eigenvalue weighted by molar-refractivity contribution is 8.00. The lowest BCUT2D eigenvalue weighted by Gasteiger charge is -2.50. The van der Waals surface area contributed by atoms with Crippen LogP contribution in [0.4, 0.5) is 5.13 Å². The summed E-state index contributed by atoms with van der Waals surface area (Å²) in [7, 11) is 0. The first-order valence-corrected chi connectivity index (χ1v) is 12.9. The number of β-lactam (4-membered cyclic amide) rings is 1. The number of carboxylic acid groups (broad SMARTS) is 1. The molecule has 0 bridgehead atoms. The number of hydrogen-bond acceptors (Lipinski definition) is 11. The lowest BCUT2D eigenvalue weighted by atomic mass is 10.0. The number of nitrogens with two attached hydrogens (primary N) is 1. The van der Waals surface area contributed by atoms with E-state index in [9.17, 15) is 19.5 Å². The lowest BCUT2D eigenvalue weighted by Crippen LogP contribution is -2.71. The second kappa shape index (κ2) is 10.4. The van der Waals surface area contributed by atoms with Gasteiger partial charge in [-0.3, -0.25) is 14.5 Å². The number of nitrogens with one attached hydrogen (secondary N) is 2. The zero-order chi connectivity index (χ0) is 25.9. The number of hydrogen-bond donors (Lipinski definition) is 3. The maximum Gasteiger partial charge on any atom is 0.276 e. The third kappa shape index (κ3) is 5.03. The third-order valence-corrected chi connectivity index (χ3v) is 7.58. The van der Waals surface area contributed by atoms with E-state index in [-0.39, 0.29) is 28.8 Å². The number of pyridine rings is 1. The molecule has 1 saturated heterocycles. The lowest BCUT2D eigenvalue weighted by molar-refractivity contribution is -0.689. The standard InChI is InChI=1S/C22H20N8O5S2/c23-22-26-13(11-37-22)15(28-35-9-14-24-4-5-25-14)18(31)27-16-19(32)30-17(21(33)34)12(10-36-20(16)30)8-29-6-2-1-3-7-29/h1-7,11,16,20H,8-10H2,(H4-,23,24,25,26,27,31,33,34)/t16-,20+/m1/s1. The molecule has 0 aromatic carbocycles. The number of rotatable bonds is 9. The second-order valence-corrected chi connectivity index (χ2v) is 9.96. The maximum absolute atomic E-state index is 13.1. The fourth-order valence-electron chi connectivity index (χ4n) is 3.90. The second-order valence-electron chi connectivity index (χ2n) is 7.97. The van der Waals surface area contributed by atoms with Crippen molar-refractivity contribution in [3.8, 4) is 0 Å². The van der Waals surface area contributed by atoms with Crippen molar-refractivity contribution in [1.82, 2.24) is 25.2 Å². The van der Waals surface area contributed by atoms with Crippen molar-refractivity contribution in [2.45, 2.75) is 24.6 Å². The van der Waals surface area contributed by atoms with Crippen LogP contribution in [0.5, 0.6) is 0 Å². The van der Waals surface area contributed by atoms with Crippen molar-refractivity contribution in [1.29, 1.82) is 0 Å². The Balaban J connectivity index is 1.32. The van der Waals surface area contributed by atoms with Crippen molar-refractivity contribution in [3.63, 3.8) is 0 Å². The molecule has 0 radical (unpaired) electrons. The van der Waals surface area contributed by atoms with Crippen LogP contribution in [0.15, 0.2) is 64.8 Å². The largest absolute Gasteiger partial charge is 0.543 e. The fraction of sp³-hybridized carbons (Fsp3) is 0.227. The summed E-state index contributed by atoms with van der Waals surface area (Å²) < 4.78 is 1.81. The van der Waals surface area contributed by atoms with Crippen molar-refractivity contribution in [2.75, 3.05) is 11.5 Å². The smallest absolute Gasteiger partial charge is 0.276 e. The fourth-order valence-corrected chi connectivity index (χ4v) is 5.78. The van der Waals surface area contributed by atoms with Crippen LogP contribution in [0, 0.1) is 0 Å². The maximum atomic E-state index is 13.1. The number of amides is 2. The molecule has 190 valence electrons. The van der Waals surface area contributed by atoms with Gasteiger partial charge >= 0.3 is 0 Å². The Bertz CT molecular complexity index is 1390. The van der Waals surface area contributed by atoms with E-state index in [2.05, 4.69) is 25.4 Å². The Morgan fingerprint density at radius 1 is 1.35 bits per heavy atom. The molecule has 0 aliphatic carbocycles. The van der Waals surface area contributed by atoms with E-state index < -0.39 is 29.2 Å². The molecule has 0 spiro atoms. The summed E-state index contributed by atoms with van der Waals surface area (Å²) in [5.41, 5.74) is 6.09. The zero-order valence-corrected chi connectivity index (χ0v) is 20.7. The molecule has 13 nitrogen and oxygen atoms in total. The van der Waals surface area contributed by atoms with Gasteiger partial charge in [-0.05, 0) is 0 Å².